The number of hydrogen-bond acceptors (Lipinski definition) is 6. The molecule has 2 aromatic heterocycles. The molecule has 0 bridgehead atoms. The smallest absolute Gasteiger partial charge is 0.231 e. The Morgan fingerprint density at radius 1 is 1.33 bits per heavy atom. The lowest BCUT2D eigenvalue weighted by molar-refractivity contribution is 0.171. The van der Waals surface area contributed by atoms with E-state index in [9.17, 15) is 0 Å². The summed E-state index contributed by atoms with van der Waals surface area (Å²) in [6.07, 6.45) is 6.42. The van der Waals surface area contributed by atoms with Crippen LogP contribution in [-0.4, -0.2) is 40.3 Å². The van der Waals surface area contributed by atoms with Gasteiger partial charge in [0.05, 0.1) is 25.2 Å². The zero-order valence-corrected chi connectivity index (χ0v) is 15.0. The second-order valence-corrected chi connectivity index (χ2v) is 6.71. The third-order valence-corrected chi connectivity index (χ3v) is 5.13. The molecule has 0 saturated carbocycles. The van der Waals surface area contributed by atoms with Gasteiger partial charge in [0.1, 0.15) is 0 Å². The Morgan fingerprint density at radius 3 is 3.15 bits per heavy atom. The van der Waals surface area contributed by atoms with E-state index < -0.39 is 0 Å². The number of imidazole rings is 1. The maximum Gasteiger partial charge on any atom is 0.231 e. The Balaban J connectivity index is 1.58. The van der Waals surface area contributed by atoms with E-state index in [0.717, 1.165) is 30.8 Å². The summed E-state index contributed by atoms with van der Waals surface area (Å²) >= 11 is 0. The number of nitrogens with zero attached hydrogens (tertiary/aromatic N) is 3. The molecule has 7 nitrogen and oxygen atoms in total. The first-order valence-electron chi connectivity index (χ1n) is 8.96. The van der Waals surface area contributed by atoms with Gasteiger partial charge >= 0.3 is 0 Å². The highest BCUT2D eigenvalue weighted by Crippen LogP contribution is 2.45. The zero-order valence-electron chi connectivity index (χ0n) is 15.0. The van der Waals surface area contributed by atoms with Crippen molar-refractivity contribution >= 4 is 0 Å². The van der Waals surface area contributed by atoms with Crippen LogP contribution < -0.4 is 14.2 Å². The summed E-state index contributed by atoms with van der Waals surface area (Å²) in [7, 11) is 1.65. The van der Waals surface area contributed by atoms with Crippen LogP contribution in [0.2, 0.25) is 0 Å². The summed E-state index contributed by atoms with van der Waals surface area (Å²) in [5.74, 6) is 2.07. The van der Waals surface area contributed by atoms with E-state index >= 15 is 0 Å². The molecule has 7 heteroatoms. The third kappa shape index (κ3) is 2.80. The molecule has 27 heavy (non-hydrogen) atoms. The van der Waals surface area contributed by atoms with E-state index in [1.165, 1.54) is 11.3 Å². The summed E-state index contributed by atoms with van der Waals surface area (Å²) in [6.45, 7) is 1.93. The standard InChI is InChI=1S/C20H20N4O3/c1-25-16-7-14(8-17-20(16)27-12-26-17)19-18-15(22-11-23-18)4-6-24(19)10-13-3-2-5-21-9-13/h2-3,5,7-9,11,19H,4,6,10,12H2,1H3,(H,22,23). The monoisotopic (exact) mass is 364 g/mol. The van der Waals surface area contributed by atoms with Crippen LogP contribution in [0.15, 0.2) is 43.0 Å². The third-order valence-electron chi connectivity index (χ3n) is 5.13. The Morgan fingerprint density at radius 2 is 2.30 bits per heavy atom. The van der Waals surface area contributed by atoms with Gasteiger partial charge in [-0.1, -0.05) is 6.07 Å². The molecule has 4 heterocycles. The normalized spacial score (nSPS) is 18.3. The van der Waals surface area contributed by atoms with Crippen molar-refractivity contribution in [2.24, 2.45) is 0 Å². The number of H-pyrrole nitrogens is 1. The molecular formula is C20H20N4O3. The number of aromatic amines is 1. The molecule has 1 unspecified atom stereocenters. The predicted molar refractivity (Wildman–Crippen MR) is 97.9 cm³/mol. The van der Waals surface area contributed by atoms with Crippen LogP contribution in [0.3, 0.4) is 0 Å². The zero-order chi connectivity index (χ0) is 18.2. The van der Waals surface area contributed by atoms with Crippen LogP contribution in [0.5, 0.6) is 17.2 Å². The van der Waals surface area contributed by atoms with Gasteiger partial charge in [0.2, 0.25) is 12.5 Å². The molecule has 1 N–H and O–H groups in total. The van der Waals surface area contributed by atoms with Crippen LogP contribution in [0.1, 0.15) is 28.6 Å². The maximum atomic E-state index is 5.64. The van der Waals surface area contributed by atoms with Crippen molar-refractivity contribution in [3.63, 3.8) is 0 Å². The molecule has 2 aliphatic rings. The van der Waals surface area contributed by atoms with Gasteiger partial charge in [-0.05, 0) is 29.3 Å². The van der Waals surface area contributed by atoms with Gasteiger partial charge in [0, 0.05) is 37.6 Å². The maximum absolute atomic E-state index is 5.64. The average Bonchev–Trinajstić information content (AvgIpc) is 3.37. The Kier molecular flexibility index (Phi) is 3.94. The van der Waals surface area contributed by atoms with E-state index in [4.69, 9.17) is 14.2 Å². The predicted octanol–water partition coefficient (Wildman–Crippen LogP) is 2.69. The molecule has 1 atom stereocenters. The number of methoxy groups -OCH3 is 1. The fourth-order valence-electron chi connectivity index (χ4n) is 3.90. The summed E-state index contributed by atoms with van der Waals surface area (Å²) < 4.78 is 16.7. The van der Waals surface area contributed by atoms with Crippen molar-refractivity contribution in [3.8, 4) is 17.2 Å². The van der Waals surface area contributed by atoms with Crippen LogP contribution in [0.25, 0.3) is 0 Å². The number of nitrogens with one attached hydrogen (secondary N) is 1. The number of aromatic nitrogens is 3. The molecule has 1 aromatic carbocycles. The minimum atomic E-state index is 0.00334. The first kappa shape index (κ1) is 16.1. The molecule has 0 spiro atoms. The summed E-state index contributed by atoms with van der Waals surface area (Å²) in [4.78, 5) is 14.6. The fraction of sp³-hybridized carbons (Fsp3) is 0.300. The Bertz CT molecular complexity index is 957. The van der Waals surface area contributed by atoms with Crippen LogP contribution in [0.4, 0.5) is 0 Å². The molecule has 0 amide bonds. The molecule has 2 aliphatic heterocycles. The van der Waals surface area contributed by atoms with E-state index in [-0.39, 0.29) is 12.8 Å². The number of benzene rings is 1. The molecular weight excluding hydrogens is 344 g/mol. The van der Waals surface area contributed by atoms with Gasteiger partial charge in [-0.2, -0.15) is 0 Å². The molecule has 0 saturated heterocycles. The number of fused-ring (bicyclic) bond motifs is 2. The van der Waals surface area contributed by atoms with Crippen LogP contribution >= 0.6 is 0 Å². The summed E-state index contributed by atoms with van der Waals surface area (Å²) in [6, 6.07) is 8.14. The van der Waals surface area contributed by atoms with Crippen LogP contribution in [0, 0.1) is 0 Å². The minimum absolute atomic E-state index is 0.00334. The van der Waals surface area contributed by atoms with Gasteiger partial charge in [0.15, 0.2) is 11.5 Å². The van der Waals surface area contributed by atoms with Crippen molar-refractivity contribution in [2.45, 2.75) is 19.0 Å². The van der Waals surface area contributed by atoms with Crippen molar-refractivity contribution in [1.29, 1.82) is 0 Å². The van der Waals surface area contributed by atoms with Crippen LogP contribution in [-0.2, 0) is 13.0 Å². The highest BCUT2D eigenvalue weighted by molar-refractivity contribution is 5.56. The van der Waals surface area contributed by atoms with Gasteiger partial charge in [-0.15, -0.1) is 0 Å². The average molecular weight is 364 g/mol. The SMILES string of the molecule is COc1cc(C2c3nc[nH]c3CCN2Cc2cccnc2)cc2c1OCO2. The quantitative estimate of drug-likeness (QED) is 0.767. The lowest BCUT2D eigenvalue weighted by Gasteiger charge is -2.35. The van der Waals surface area contributed by atoms with E-state index in [1.54, 1.807) is 19.6 Å². The molecule has 138 valence electrons. The van der Waals surface area contributed by atoms with Gasteiger partial charge < -0.3 is 19.2 Å². The van der Waals surface area contributed by atoms with Crippen molar-refractivity contribution in [3.05, 3.63) is 65.5 Å². The first-order valence-corrected chi connectivity index (χ1v) is 8.96. The molecule has 3 aromatic rings. The minimum Gasteiger partial charge on any atom is -0.493 e. The fourth-order valence-corrected chi connectivity index (χ4v) is 3.90. The largest absolute Gasteiger partial charge is 0.493 e. The number of pyridine rings is 1. The van der Waals surface area contributed by atoms with Gasteiger partial charge in [-0.25, -0.2) is 4.98 Å². The molecule has 0 aliphatic carbocycles. The van der Waals surface area contributed by atoms with Gasteiger partial charge in [-0.3, -0.25) is 9.88 Å². The summed E-state index contributed by atoms with van der Waals surface area (Å²) in [5.41, 5.74) is 4.48. The van der Waals surface area contributed by atoms with Crippen molar-refractivity contribution in [1.82, 2.24) is 19.9 Å². The number of hydrogen-bond donors (Lipinski definition) is 1. The molecule has 5 rings (SSSR count). The van der Waals surface area contributed by atoms with Crippen molar-refractivity contribution < 1.29 is 14.2 Å². The number of ether oxygens (including phenoxy) is 3. The Labute approximate surface area is 156 Å². The molecule has 0 radical (unpaired) electrons. The highest BCUT2D eigenvalue weighted by atomic mass is 16.7. The second kappa shape index (κ2) is 6.59. The van der Waals surface area contributed by atoms with Crippen molar-refractivity contribution in [2.75, 3.05) is 20.4 Å². The first-order chi connectivity index (χ1) is 13.3. The molecule has 0 fully saturated rings. The Hall–Kier alpha value is -3.06. The highest BCUT2D eigenvalue weighted by Gasteiger charge is 2.33. The number of rotatable bonds is 4. The van der Waals surface area contributed by atoms with E-state index in [0.29, 0.717) is 17.2 Å². The van der Waals surface area contributed by atoms with E-state index in [2.05, 4.69) is 25.9 Å². The van der Waals surface area contributed by atoms with Gasteiger partial charge in [0.25, 0.3) is 0 Å². The van der Waals surface area contributed by atoms with E-state index in [1.807, 2.05) is 24.4 Å². The summed E-state index contributed by atoms with van der Waals surface area (Å²) in [5, 5.41) is 0. The second-order valence-electron chi connectivity index (χ2n) is 6.71. The lowest BCUT2D eigenvalue weighted by Crippen LogP contribution is -2.35. The lowest BCUT2D eigenvalue weighted by atomic mass is 9.94. The topological polar surface area (TPSA) is 72.5 Å².